The first kappa shape index (κ1) is 12.1. The van der Waals surface area contributed by atoms with Gasteiger partial charge in [0, 0.05) is 17.5 Å². The first-order valence-electron chi connectivity index (χ1n) is 4.90. The van der Waals surface area contributed by atoms with E-state index in [4.69, 9.17) is 16.0 Å². The SMILES string of the molecule is Cc1oc(C)c(C(=O)NC(C)CCl)c1C. The number of hydrogen-bond acceptors (Lipinski definition) is 2. The van der Waals surface area contributed by atoms with Crippen molar-refractivity contribution in [2.75, 3.05) is 5.88 Å². The minimum Gasteiger partial charge on any atom is -0.466 e. The van der Waals surface area contributed by atoms with E-state index in [9.17, 15) is 4.79 Å². The zero-order valence-corrected chi connectivity index (χ0v) is 10.2. The van der Waals surface area contributed by atoms with E-state index in [-0.39, 0.29) is 11.9 Å². The van der Waals surface area contributed by atoms with Gasteiger partial charge in [-0.3, -0.25) is 4.79 Å². The van der Waals surface area contributed by atoms with Gasteiger partial charge in [0.25, 0.3) is 5.91 Å². The molecule has 0 aliphatic carbocycles. The Morgan fingerprint density at radius 2 is 2.00 bits per heavy atom. The molecular weight excluding hydrogens is 214 g/mol. The summed E-state index contributed by atoms with van der Waals surface area (Å²) < 4.78 is 5.39. The summed E-state index contributed by atoms with van der Waals surface area (Å²) in [6.07, 6.45) is 0. The molecule has 1 rings (SSSR count). The highest BCUT2D eigenvalue weighted by Crippen LogP contribution is 2.20. The van der Waals surface area contributed by atoms with Crippen LogP contribution in [0.25, 0.3) is 0 Å². The number of carbonyl (C=O) groups excluding carboxylic acids is 1. The van der Waals surface area contributed by atoms with Crippen LogP contribution < -0.4 is 5.32 Å². The van der Waals surface area contributed by atoms with E-state index in [0.29, 0.717) is 17.2 Å². The molecule has 0 fully saturated rings. The van der Waals surface area contributed by atoms with E-state index in [0.717, 1.165) is 11.3 Å². The van der Waals surface area contributed by atoms with Gasteiger partial charge in [-0.05, 0) is 27.7 Å². The Morgan fingerprint density at radius 1 is 1.40 bits per heavy atom. The van der Waals surface area contributed by atoms with Gasteiger partial charge in [-0.2, -0.15) is 0 Å². The highest BCUT2D eigenvalue weighted by Gasteiger charge is 2.19. The topological polar surface area (TPSA) is 42.2 Å². The van der Waals surface area contributed by atoms with E-state index < -0.39 is 0 Å². The van der Waals surface area contributed by atoms with E-state index in [1.807, 2.05) is 20.8 Å². The second-order valence-corrected chi connectivity index (χ2v) is 4.05. The molecule has 3 nitrogen and oxygen atoms in total. The van der Waals surface area contributed by atoms with E-state index >= 15 is 0 Å². The standard InChI is InChI=1S/C11H16ClNO2/c1-6(5-12)13-11(14)10-7(2)8(3)15-9(10)4/h6H,5H2,1-4H3,(H,13,14). The maximum Gasteiger partial charge on any atom is 0.255 e. The van der Waals surface area contributed by atoms with Crippen LogP contribution in [0.4, 0.5) is 0 Å². The lowest BCUT2D eigenvalue weighted by molar-refractivity contribution is 0.0941. The molecule has 4 heteroatoms. The van der Waals surface area contributed by atoms with E-state index in [1.54, 1.807) is 6.92 Å². The molecule has 1 heterocycles. The second kappa shape index (κ2) is 4.71. The number of furan rings is 1. The Hall–Kier alpha value is -0.960. The molecular formula is C11H16ClNO2. The van der Waals surface area contributed by atoms with Gasteiger partial charge in [0.15, 0.2) is 0 Å². The fourth-order valence-electron chi connectivity index (χ4n) is 1.46. The molecule has 1 amide bonds. The summed E-state index contributed by atoms with van der Waals surface area (Å²) in [5, 5.41) is 2.81. The maximum atomic E-state index is 11.8. The fraction of sp³-hybridized carbons (Fsp3) is 0.545. The average Bonchev–Trinajstić information content (AvgIpc) is 2.41. The summed E-state index contributed by atoms with van der Waals surface area (Å²) in [5.74, 6) is 1.73. The number of hydrogen-bond donors (Lipinski definition) is 1. The highest BCUT2D eigenvalue weighted by atomic mass is 35.5. The van der Waals surface area contributed by atoms with Crippen LogP contribution in [0.2, 0.25) is 0 Å². The van der Waals surface area contributed by atoms with Crippen molar-refractivity contribution in [3.63, 3.8) is 0 Å². The molecule has 0 aromatic carbocycles. The van der Waals surface area contributed by atoms with Gasteiger partial charge in [-0.1, -0.05) is 0 Å². The number of nitrogens with one attached hydrogen (secondary N) is 1. The molecule has 1 atom stereocenters. The summed E-state index contributed by atoms with van der Waals surface area (Å²) in [7, 11) is 0. The molecule has 0 radical (unpaired) electrons. The molecule has 84 valence electrons. The quantitative estimate of drug-likeness (QED) is 0.810. The second-order valence-electron chi connectivity index (χ2n) is 3.74. The number of amides is 1. The first-order chi connectivity index (χ1) is 6.97. The number of halogens is 1. The lowest BCUT2D eigenvalue weighted by atomic mass is 10.1. The van der Waals surface area contributed by atoms with Crippen LogP contribution >= 0.6 is 11.6 Å². The van der Waals surface area contributed by atoms with Crippen LogP contribution in [0.15, 0.2) is 4.42 Å². The third-order valence-corrected chi connectivity index (χ3v) is 2.86. The maximum absolute atomic E-state index is 11.8. The van der Waals surface area contributed by atoms with E-state index in [2.05, 4.69) is 5.32 Å². The molecule has 0 spiro atoms. The number of carbonyl (C=O) groups is 1. The first-order valence-corrected chi connectivity index (χ1v) is 5.44. The third kappa shape index (κ3) is 2.53. The monoisotopic (exact) mass is 229 g/mol. The van der Waals surface area contributed by atoms with Gasteiger partial charge in [0.2, 0.25) is 0 Å². The predicted molar refractivity (Wildman–Crippen MR) is 60.6 cm³/mol. The summed E-state index contributed by atoms with van der Waals surface area (Å²) in [6.45, 7) is 7.39. The molecule has 0 saturated heterocycles. The molecule has 1 aromatic heterocycles. The van der Waals surface area contributed by atoms with Crippen molar-refractivity contribution in [2.24, 2.45) is 0 Å². The summed E-state index contributed by atoms with van der Waals surface area (Å²) in [6, 6.07) is -0.0341. The summed E-state index contributed by atoms with van der Waals surface area (Å²) in [4.78, 5) is 11.8. The molecule has 1 aromatic rings. The highest BCUT2D eigenvalue weighted by molar-refractivity contribution is 6.18. The van der Waals surface area contributed by atoms with Crippen molar-refractivity contribution < 1.29 is 9.21 Å². The number of aryl methyl sites for hydroxylation is 2. The van der Waals surface area contributed by atoms with Gasteiger partial charge in [-0.25, -0.2) is 0 Å². The molecule has 0 aliphatic rings. The van der Waals surface area contributed by atoms with Crippen molar-refractivity contribution >= 4 is 17.5 Å². The third-order valence-electron chi connectivity index (χ3n) is 2.40. The molecule has 0 bridgehead atoms. The van der Waals surface area contributed by atoms with Crippen LogP contribution in [-0.2, 0) is 0 Å². The predicted octanol–water partition coefficient (Wildman–Crippen LogP) is 2.56. The Morgan fingerprint density at radius 3 is 2.40 bits per heavy atom. The average molecular weight is 230 g/mol. The number of rotatable bonds is 3. The van der Waals surface area contributed by atoms with Crippen molar-refractivity contribution in [1.29, 1.82) is 0 Å². The fourth-order valence-corrected chi connectivity index (χ4v) is 1.54. The van der Waals surface area contributed by atoms with Crippen molar-refractivity contribution in [1.82, 2.24) is 5.32 Å². The molecule has 1 N–H and O–H groups in total. The Kier molecular flexibility index (Phi) is 3.80. The van der Waals surface area contributed by atoms with Crippen LogP contribution in [0.3, 0.4) is 0 Å². The van der Waals surface area contributed by atoms with Crippen molar-refractivity contribution in [2.45, 2.75) is 33.7 Å². The lowest BCUT2D eigenvalue weighted by Gasteiger charge is -2.10. The smallest absolute Gasteiger partial charge is 0.255 e. The van der Waals surface area contributed by atoms with Gasteiger partial charge in [0.1, 0.15) is 11.5 Å². The zero-order valence-electron chi connectivity index (χ0n) is 9.48. The van der Waals surface area contributed by atoms with Gasteiger partial charge in [-0.15, -0.1) is 11.6 Å². The van der Waals surface area contributed by atoms with Gasteiger partial charge in [0.05, 0.1) is 5.56 Å². The van der Waals surface area contributed by atoms with Crippen LogP contribution in [0, 0.1) is 20.8 Å². The van der Waals surface area contributed by atoms with Gasteiger partial charge >= 0.3 is 0 Å². The normalized spacial score (nSPS) is 12.6. The Bertz CT molecular complexity index is 371. The van der Waals surface area contributed by atoms with Crippen molar-refractivity contribution in [3.8, 4) is 0 Å². The van der Waals surface area contributed by atoms with E-state index in [1.165, 1.54) is 0 Å². The van der Waals surface area contributed by atoms with Crippen LogP contribution in [0.5, 0.6) is 0 Å². The molecule has 1 unspecified atom stereocenters. The zero-order chi connectivity index (χ0) is 11.6. The molecule has 0 aliphatic heterocycles. The largest absolute Gasteiger partial charge is 0.466 e. The summed E-state index contributed by atoms with van der Waals surface area (Å²) in [5.41, 5.74) is 1.52. The van der Waals surface area contributed by atoms with Crippen LogP contribution in [0.1, 0.15) is 34.4 Å². The minimum absolute atomic E-state index is 0.0341. The molecule has 15 heavy (non-hydrogen) atoms. The number of alkyl halides is 1. The Labute approximate surface area is 94.8 Å². The lowest BCUT2D eigenvalue weighted by Crippen LogP contribution is -2.34. The molecule has 0 saturated carbocycles. The van der Waals surface area contributed by atoms with Crippen molar-refractivity contribution in [3.05, 3.63) is 22.6 Å². The van der Waals surface area contributed by atoms with Crippen LogP contribution in [-0.4, -0.2) is 17.8 Å². The van der Waals surface area contributed by atoms with Gasteiger partial charge < -0.3 is 9.73 Å². The minimum atomic E-state index is -0.116. The Balaban J connectivity index is 2.91. The summed E-state index contributed by atoms with van der Waals surface area (Å²) >= 11 is 5.63.